The average Bonchev–Trinajstić information content (AvgIpc) is 3.87. The van der Waals surface area contributed by atoms with Crippen molar-refractivity contribution < 1.29 is 39.4 Å². The van der Waals surface area contributed by atoms with Gasteiger partial charge in [-0.25, -0.2) is 0 Å². The fraction of sp³-hybridized carbons (Fsp3) is 0.531. The number of hydrogen-bond acceptors (Lipinski definition) is 10. The van der Waals surface area contributed by atoms with Crippen molar-refractivity contribution in [3.8, 4) is 23.0 Å². The SMILES string of the molecule is CCCCN1CC[C@]23c4c5ccc(O)c4O[C@H]2c2c(c4c(n2CC(=O)OCc2ccccc2)[C@@H]2Oc6c(O)ccc7c6[C@@]26CCN(CCCC)[C@H](C7)[C@]6(O)C4)C[C@@]3(O)[C@H]1C5. The van der Waals surface area contributed by atoms with Gasteiger partial charge in [-0.05, 0) is 105 Å². The summed E-state index contributed by atoms with van der Waals surface area (Å²) in [6, 6.07) is 16.7. The first-order chi connectivity index (χ1) is 29.1. The van der Waals surface area contributed by atoms with E-state index < -0.39 is 40.2 Å². The molecule has 2 fully saturated rings. The van der Waals surface area contributed by atoms with Gasteiger partial charge in [0.05, 0.1) is 33.4 Å². The number of fused-ring (bicyclic) bond motifs is 5. The minimum Gasteiger partial charge on any atom is -0.504 e. The summed E-state index contributed by atoms with van der Waals surface area (Å²) in [5, 5.41) is 50.7. The summed E-state index contributed by atoms with van der Waals surface area (Å²) in [5.74, 6) is 0.538. The van der Waals surface area contributed by atoms with E-state index in [2.05, 4.69) is 28.2 Å². The van der Waals surface area contributed by atoms with Gasteiger partial charge < -0.3 is 39.2 Å². The van der Waals surface area contributed by atoms with Gasteiger partial charge in [0.15, 0.2) is 35.2 Å². The number of likely N-dealkylation sites (tertiary alicyclic amines) is 2. The van der Waals surface area contributed by atoms with Crippen LogP contribution in [0.3, 0.4) is 0 Å². The second kappa shape index (κ2) is 12.8. The molecule has 1 aromatic heterocycles. The number of unbranched alkanes of at least 4 members (excludes halogenated alkanes) is 2. The summed E-state index contributed by atoms with van der Waals surface area (Å²) in [6.45, 7) is 7.70. The molecule has 0 radical (unpaired) electrons. The number of aromatic nitrogens is 1. The van der Waals surface area contributed by atoms with Gasteiger partial charge in [-0.1, -0.05) is 69.2 Å². The van der Waals surface area contributed by atoms with E-state index in [-0.39, 0.29) is 36.7 Å². The first-order valence-corrected chi connectivity index (χ1v) is 22.5. The highest BCUT2D eigenvalue weighted by Gasteiger charge is 2.77. The zero-order chi connectivity index (χ0) is 40.9. The number of aromatic hydroxyl groups is 2. The number of hydrogen-bond donors (Lipinski definition) is 4. The van der Waals surface area contributed by atoms with Crippen LogP contribution in [-0.4, -0.2) is 90.2 Å². The highest BCUT2D eigenvalue weighted by Crippen LogP contribution is 2.73. The minimum atomic E-state index is -1.27. The van der Waals surface area contributed by atoms with Crippen molar-refractivity contribution in [2.75, 3.05) is 26.2 Å². The normalized spacial score (nSPS) is 33.3. The second-order valence-electron chi connectivity index (χ2n) is 19.2. The molecule has 11 heteroatoms. The molecule has 5 heterocycles. The molecule has 0 amide bonds. The molecule has 4 aromatic rings. The number of aliphatic hydroxyl groups is 2. The molecule has 3 aromatic carbocycles. The Labute approximate surface area is 350 Å². The summed E-state index contributed by atoms with van der Waals surface area (Å²) in [7, 11) is 0. The Hall–Kier alpha value is -4.55. The second-order valence-corrected chi connectivity index (χ2v) is 19.2. The van der Waals surface area contributed by atoms with E-state index in [0.29, 0.717) is 50.0 Å². The van der Waals surface area contributed by atoms with Crippen LogP contribution < -0.4 is 9.47 Å². The van der Waals surface area contributed by atoms with E-state index in [1.807, 2.05) is 42.5 Å². The lowest BCUT2D eigenvalue weighted by molar-refractivity contribution is -0.175. The first-order valence-electron chi connectivity index (χ1n) is 22.5. The number of nitrogens with zero attached hydrogens (tertiary/aromatic N) is 3. The number of piperidine rings is 2. The van der Waals surface area contributed by atoms with E-state index in [1.54, 1.807) is 12.1 Å². The maximum atomic E-state index is 14.4. The van der Waals surface area contributed by atoms with E-state index in [9.17, 15) is 25.2 Å². The molecule has 8 aliphatic rings. The maximum Gasteiger partial charge on any atom is 0.326 e. The Morgan fingerprint density at radius 3 is 1.72 bits per heavy atom. The molecule has 0 unspecified atom stereocenters. The molecule has 4 aliphatic heterocycles. The number of phenols is 2. The average molecular weight is 814 g/mol. The Morgan fingerprint density at radius 1 is 0.733 bits per heavy atom. The molecule has 4 aliphatic carbocycles. The molecular weight excluding hydrogens is 759 g/mol. The zero-order valence-electron chi connectivity index (χ0n) is 34.6. The summed E-state index contributed by atoms with van der Waals surface area (Å²) < 4.78 is 22.4. The van der Waals surface area contributed by atoms with E-state index in [0.717, 1.165) is 102 Å². The van der Waals surface area contributed by atoms with Crippen LogP contribution in [0.15, 0.2) is 54.6 Å². The molecule has 60 heavy (non-hydrogen) atoms. The number of rotatable bonds is 10. The maximum absolute atomic E-state index is 14.4. The molecule has 12 rings (SSSR count). The van der Waals surface area contributed by atoms with Crippen molar-refractivity contribution in [3.63, 3.8) is 0 Å². The van der Waals surface area contributed by atoms with Crippen LogP contribution >= 0.6 is 0 Å². The van der Waals surface area contributed by atoms with Crippen LogP contribution in [0.2, 0.25) is 0 Å². The third kappa shape index (κ3) is 4.42. The van der Waals surface area contributed by atoms with E-state index >= 15 is 0 Å². The third-order valence-electron chi connectivity index (χ3n) is 16.7. The van der Waals surface area contributed by atoms with Gasteiger partial charge in [0.2, 0.25) is 0 Å². The fourth-order valence-corrected chi connectivity index (χ4v) is 14.2. The van der Waals surface area contributed by atoms with Crippen LogP contribution in [-0.2, 0) is 59.2 Å². The minimum absolute atomic E-state index is 0.0520. The number of ether oxygens (including phenoxy) is 3. The summed E-state index contributed by atoms with van der Waals surface area (Å²) in [4.78, 5) is 19.3. The fourth-order valence-electron chi connectivity index (χ4n) is 14.2. The number of esters is 1. The Bertz CT molecular complexity index is 2330. The van der Waals surface area contributed by atoms with Crippen molar-refractivity contribution >= 4 is 5.97 Å². The smallest absolute Gasteiger partial charge is 0.326 e. The molecule has 2 spiro atoms. The van der Waals surface area contributed by atoms with Gasteiger partial charge in [0, 0.05) is 36.1 Å². The Morgan fingerprint density at radius 2 is 1.23 bits per heavy atom. The van der Waals surface area contributed by atoms with Crippen molar-refractivity contribution in [1.82, 2.24) is 14.4 Å². The standard InChI is InChI=1S/C49H55N3O8/c1-3-5-18-50-20-16-46-38-29-12-14-33(53)42(38)59-44(46)40-31(24-48(46,56)35(50)22-29)32-25-49(57)36-23-30-13-15-34(54)43-39(30)47(49,17-21-51(36)19-6-4-2)45(60-43)41(32)52(40)26-37(55)58-27-28-10-8-7-9-11-28/h7-15,35-36,44-45,53-54,56-57H,3-6,16-27H2,1-2H3/t35-,36-,44+,45+,46+,47+,48-,49-/m1/s1. The first kappa shape index (κ1) is 37.2. The van der Waals surface area contributed by atoms with Crippen LogP contribution in [0.1, 0.15) is 115 Å². The Kier molecular flexibility index (Phi) is 7.91. The topological polar surface area (TPSA) is 137 Å². The quantitative estimate of drug-likeness (QED) is 0.145. The molecule has 0 saturated carbocycles. The van der Waals surface area contributed by atoms with E-state index in [4.69, 9.17) is 14.2 Å². The lowest BCUT2D eigenvalue weighted by Crippen LogP contribution is -2.75. The van der Waals surface area contributed by atoms with Gasteiger partial charge in [-0.2, -0.15) is 0 Å². The van der Waals surface area contributed by atoms with E-state index in [1.165, 1.54) is 0 Å². The summed E-state index contributed by atoms with van der Waals surface area (Å²) >= 11 is 0. The van der Waals surface area contributed by atoms with Crippen LogP contribution in [0.25, 0.3) is 0 Å². The van der Waals surface area contributed by atoms with Gasteiger partial charge in [-0.3, -0.25) is 14.6 Å². The van der Waals surface area contributed by atoms with Gasteiger partial charge in [-0.15, -0.1) is 0 Å². The van der Waals surface area contributed by atoms with Gasteiger partial charge >= 0.3 is 5.97 Å². The third-order valence-corrected chi connectivity index (χ3v) is 16.7. The molecule has 4 bridgehead atoms. The number of benzene rings is 3. The zero-order valence-corrected chi connectivity index (χ0v) is 34.6. The molecule has 4 N–H and O–H groups in total. The molecular formula is C49H55N3O8. The summed E-state index contributed by atoms with van der Waals surface area (Å²) in [6.07, 6.45) is 5.82. The van der Waals surface area contributed by atoms with Crippen molar-refractivity contribution in [3.05, 3.63) is 105 Å². The highest BCUT2D eigenvalue weighted by molar-refractivity contribution is 5.73. The monoisotopic (exact) mass is 813 g/mol. The van der Waals surface area contributed by atoms with Crippen LogP contribution in [0, 0.1) is 0 Å². The number of phenolic OH excluding ortho intramolecular Hbond substituents is 2. The van der Waals surface area contributed by atoms with Crippen molar-refractivity contribution in [2.24, 2.45) is 0 Å². The van der Waals surface area contributed by atoms with Gasteiger partial charge in [0.25, 0.3) is 0 Å². The van der Waals surface area contributed by atoms with Crippen LogP contribution in [0.4, 0.5) is 0 Å². The molecule has 2 saturated heterocycles. The molecule has 11 nitrogen and oxygen atoms in total. The molecule has 8 atom stereocenters. The molecule has 314 valence electrons. The lowest BCUT2D eigenvalue weighted by Gasteiger charge is -2.63. The van der Waals surface area contributed by atoms with Crippen LogP contribution in [0.5, 0.6) is 23.0 Å². The van der Waals surface area contributed by atoms with Crippen molar-refractivity contribution in [1.29, 1.82) is 0 Å². The number of carbonyl (C=O) groups excluding carboxylic acids is 1. The Balaban J connectivity index is 1.09. The highest BCUT2D eigenvalue weighted by atomic mass is 16.5. The van der Waals surface area contributed by atoms with Crippen molar-refractivity contribution in [2.45, 2.75) is 138 Å². The van der Waals surface area contributed by atoms with Gasteiger partial charge in [0.1, 0.15) is 13.2 Å². The number of carbonyl (C=O) groups is 1. The summed E-state index contributed by atoms with van der Waals surface area (Å²) in [5.41, 5.74) is 3.95. The lowest BCUT2D eigenvalue weighted by atomic mass is 9.47. The largest absolute Gasteiger partial charge is 0.504 e. The predicted molar refractivity (Wildman–Crippen MR) is 221 cm³/mol. The predicted octanol–water partition coefficient (Wildman–Crippen LogP) is 5.82.